The molecule has 0 fully saturated rings. The summed E-state index contributed by atoms with van der Waals surface area (Å²) in [5, 5.41) is 8.14. The minimum atomic E-state index is 1.21. The summed E-state index contributed by atoms with van der Waals surface area (Å²) in [6, 6.07) is 32.4. The maximum Gasteiger partial charge on any atom is -0.00268 e. The van der Waals surface area contributed by atoms with Crippen LogP contribution < -0.4 is 0 Å². The zero-order valence-electron chi connectivity index (χ0n) is 14.6. The highest BCUT2D eigenvalue weighted by Crippen LogP contribution is 2.33. The van der Waals surface area contributed by atoms with Crippen LogP contribution in [-0.4, -0.2) is 0 Å². The lowest BCUT2D eigenvalue weighted by Crippen LogP contribution is -1.82. The third kappa shape index (κ3) is 3.08. The van der Waals surface area contributed by atoms with Crippen molar-refractivity contribution in [2.24, 2.45) is 0 Å². The molecular formula is C25H22. The van der Waals surface area contributed by atoms with Crippen LogP contribution in [0.4, 0.5) is 0 Å². The highest BCUT2D eigenvalue weighted by Gasteiger charge is 2.05. The van der Waals surface area contributed by atoms with Gasteiger partial charge >= 0.3 is 0 Å². The van der Waals surface area contributed by atoms with Gasteiger partial charge in [0, 0.05) is 0 Å². The lowest BCUT2D eigenvalue weighted by Gasteiger charge is -2.09. The van der Waals surface area contributed by atoms with E-state index < -0.39 is 0 Å². The molecule has 0 atom stereocenters. The van der Waals surface area contributed by atoms with Gasteiger partial charge in [-0.15, -0.1) is 0 Å². The molecule has 0 saturated carbocycles. The van der Waals surface area contributed by atoms with Crippen LogP contribution >= 0.6 is 0 Å². The second kappa shape index (κ2) is 6.94. The average Bonchev–Trinajstić information content (AvgIpc) is 2.68. The molecule has 0 unspecified atom stereocenters. The van der Waals surface area contributed by atoms with Crippen molar-refractivity contribution in [2.45, 2.75) is 19.8 Å². The molecule has 0 amide bonds. The summed E-state index contributed by atoms with van der Waals surface area (Å²) in [6.07, 6.45) is 2.45. The zero-order chi connectivity index (χ0) is 17.1. The second-order valence-electron chi connectivity index (χ2n) is 6.53. The predicted molar refractivity (Wildman–Crippen MR) is 111 cm³/mol. The Kier molecular flexibility index (Phi) is 4.35. The Morgan fingerprint density at radius 3 is 1.32 bits per heavy atom. The van der Waals surface area contributed by atoms with Crippen molar-refractivity contribution in [3.63, 3.8) is 0 Å². The summed E-state index contributed by atoms with van der Waals surface area (Å²) in [5.74, 6) is 0. The van der Waals surface area contributed by atoms with E-state index in [9.17, 15) is 0 Å². The Labute approximate surface area is 149 Å². The van der Waals surface area contributed by atoms with Crippen LogP contribution in [0.3, 0.4) is 0 Å². The lowest BCUT2D eigenvalue weighted by atomic mass is 9.95. The first kappa shape index (κ1) is 15.7. The van der Waals surface area contributed by atoms with Crippen molar-refractivity contribution in [1.82, 2.24) is 0 Å². The molecule has 0 aliphatic rings. The molecule has 0 heterocycles. The van der Waals surface area contributed by atoms with E-state index in [0.29, 0.717) is 0 Å². The van der Waals surface area contributed by atoms with Crippen LogP contribution in [0, 0.1) is 0 Å². The van der Waals surface area contributed by atoms with Crippen LogP contribution in [0.1, 0.15) is 18.9 Å². The van der Waals surface area contributed by atoms with Crippen LogP contribution in [0.25, 0.3) is 32.3 Å². The molecule has 5 aromatic carbocycles. The van der Waals surface area contributed by atoms with Gasteiger partial charge in [0.2, 0.25) is 0 Å². The van der Waals surface area contributed by atoms with Gasteiger partial charge in [0.15, 0.2) is 0 Å². The molecule has 5 rings (SSSR count). The molecule has 0 radical (unpaired) electrons. The van der Waals surface area contributed by atoms with E-state index in [1.807, 2.05) is 0 Å². The maximum atomic E-state index is 2.21. The van der Waals surface area contributed by atoms with Crippen molar-refractivity contribution in [2.75, 3.05) is 0 Å². The standard InChI is InChI=1S/C16H10.C9H12/c1-3-11-7-9-13-5-2-6-14-10-8-12(4-1)15(11)16(13)14;1-2-6-9-7-4-3-5-8-9/h1-10H;3-5,7-8H,2,6H2,1H3. The molecule has 0 bridgehead atoms. The number of aryl methyl sites for hydroxylation is 1. The van der Waals surface area contributed by atoms with Crippen LogP contribution in [0.5, 0.6) is 0 Å². The first-order valence-electron chi connectivity index (χ1n) is 9.03. The topological polar surface area (TPSA) is 0 Å². The summed E-state index contributed by atoms with van der Waals surface area (Å²) in [4.78, 5) is 0. The molecule has 0 aliphatic heterocycles. The van der Waals surface area contributed by atoms with Crippen LogP contribution in [0.2, 0.25) is 0 Å². The Morgan fingerprint density at radius 1 is 0.480 bits per heavy atom. The fourth-order valence-electron chi connectivity index (χ4n) is 3.60. The van der Waals surface area contributed by atoms with E-state index in [2.05, 4.69) is 97.9 Å². The Bertz CT molecular complexity index is 960. The van der Waals surface area contributed by atoms with Crippen LogP contribution in [0.15, 0.2) is 91.0 Å². The Balaban J connectivity index is 0.000000150. The monoisotopic (exact) mass is 322 g/mol. The molecule has 0 heteroatoms. The fourth-order valence-corrected chi connectivity index (χ4v) is 3.60. The van der Waals surface area contributed by atoms with Gasteiger partial charge in [-0.1, -0.05) is 104 Å². The van der Waals surface area contributed by atoms with Crippen LogP contribution in [-0.2, 0) is 6.42 Å². The molecule has 25 heavy (non-hydrogen) atoms. The van der Waals surface area contributed by atoms with E-state index in [-0.39, 0.29) is 0 Å². The number of benzene rings is 5. The number of hydrogen-bond acceptors (Lipinski definition) is 0. The first-order chi connectivity index (χ1) is 12.4. The molecule has 0 nitrogen and oxygen atoms in total. The lowest BCUT2D eigenvalue weighted by molar-refractivity contribution is 0.922. The first-order valence-corrected chi connectivity index (χ1v) is 9.03. The summed E-state index contributed by atoms with van der Waals surface area (Å²) < 4.78 is 0. The minimum Gasteiger partial charge on any atom is -0.0651 e. The minimum absolute atomic E-state index is 1.21. The van der Waals surface area contributed by atoms with Gasteiger partial charge in [-0.05, 0) is 44.3 Å². The third-order valence-electron chi connectivity index (χ3n) is 4.77. The molecule has 0 spiro atoms. The number of hydrogen-bond donors (Lipinski definition) is 0. The normalized spacial score (nSPS) is 10.9. The zero-order valence-corrected chi connectivity index (χ0v) is 14.6. The van der Waals surface area contributed by atoms with Gasteiger partial charge in [-0.2, -0.15) is 0 Å². The smallest absolute Gasteiger partial charge is 0.00268 e. The third-order valence-corrected chi connectivity index (χ3v) is 4.77. The highest BCUT2D eigenvalue weighted by atomic mass is 14.1. The second-order valence-corrected chi connectivity index (χ2v) is 6.53. The highest BCUT2D eigenvalue weighted by molar-refractivity contribution is 6.22. The summed E-state index contributed by atoms with van der Waals surface area (Å²) in [5.41, 5.74) is 1.44. The SMILES string of the molecule is CCCc1ccccc1.c1cc2ccc3cccc4ccc(c1)c2c34. The van der Waals surface area contributed by atoms with Gasteiger partial charge in [-0.3, -0.25) is 0 Å². The van der Waals surface area contributed by atoms with E-state index in [1.165, 1.54) is 50.7 Å². The Hall–Kier alpha value is -2.86. The largest absolute Gasteiger partial charge is 0.0651 e. The van der Waals surface area contributed by atoms with E-state index in [1.54, 1.807) is 0 Å². The molecule has 0 aliphatic carbocycles. The van der Waals surface area contributed by atoms with Crippen molar-refractivity contribution in [1.29, 1.82) is 0 Å². The van der Waals surface area contributed by atoms with Crippen molar-refractivity contribution in [3.8, 4) is 0 Å². The van der Waals surface area contributed by atoms with Crippen molar-refractivity contribution >= 4 is 32.3 Å². The molecule has 0 saturated heterocycles. The van der Waals surface area contributed by atoms with Gasteiger partial charge in [0.1, 0.15) is 0 Å². The van der Waals surface area contributed by atoms with Gasteiger partial charge in [-0.25, -0.2) is 0 Å². The van der Waals surface area contributed by atoms with Gasteiger partial charge in [0.05, 0.1) is 0 Å². The van der Waals surface area contributed by atoms with Crippen molar-refractivity contribution < 1.29 is 0 Å². The van der Waals surface area contributed by atoms with E-state index in [0.717, 1.165) is 0 Å². The summed E-state index contributed by atoms with van der Waals surface area (Å²) in [7, 11) is 0. The summed E-state index contributed by atoms with van der Waals surface area (Å²) in [6.45, 7) is 2.20. The van der Waals surface area contributed by atoms with E-state index >= 15 is 0 Å². The fraction of sp³-hybridized carbons (Fsp3) is 0.120. The van der Waals surface area contributed by atoms with Crippen molar-refractivity contribution in [3.05, 3.63) is 96.6 Å². The summed E-state index contributed by atoms with van der Waals surface area (Å²) >= 11 is 0. The van der Waals surface area contributed by atoms with Gasteiger partial charge < -0.3 is 0 Å². The van der Waals surface area contributed by atoms with Gasteiger partial charge in [0.25, 0.3) is 0 Å². The predicted octanol–water partition coefficient (Wildman–Crippen LogP) is 7.22. The molecule has 0 N–H and O–H groups in total. The molecule has 122 valence electrons. The van der Waals surface area contributed by atoms with E-state index in [4.69, 9.17) is 0 Å². The molecule has 0 aromatic heterocycles. The number of rotatable bonds is 2. The Morgan fingerprint density at radius 2 is 0.920 bits per heavy atom. The average molecular weight is 322 g/mol. The molecular weight excluding hydrogens is 300 g/mol. The quantitative estimate of drug-likeness (QED) is 0.301. The maximum absolute atomic E-state index is 2.21. The molecule has 5 aromatic rings.